The topological polar surface area (TPSA) is 52.0 Å². The monoisotopic (exact) mass is 144 g/mol. The molecule has 0 aromatic carbocycles. The minimum Gasteiger partial charge on any atom is -0.324 e. The molecule has 0 saturated carbocycles. The van der Waals surface area contributed by atoms with Crippen molar-refractivity contribution < 1.29 is 0 Å². The van der Waals surface area contributed by atoms with Crippen LogP contribution in [0, 0.1) is 0 Å². The van der Waals surface area contributed by atoms with Crippen LogP contribution < -0.4 is 11.5 Å². The first-order valence-electron chi connectivity index (χ1n) is 3.95. The first-order chi connectivity index (χ1) is 4.37. The van der Waals surface area contributed by atoms with Crippen LogP contribution in [0.1, 0.15) is 40.5 Å². The second kappa shape index (κ2) is 2.89. The summed E-state index contributed by atoms with van der Waals surface area (Å²) < 4.78 is 0. The summed E-state index contributed by atoms with van der Waals surface area (Å²) in [5.74, 6) is 0. The first kappa shape index (κ1) is 9.92. The largest absolute Gasteiger partial charge is 0.324 e. The lowest BCUT2D eigenvalue weighted by Crippen LogP contribution is -2.61. The van der Waals surface area contributed by atoms with E-state index in [1.165, 1.54) is 0 Å². The fourth-order valence-corrected chi connectivity index (χ4v) is 0.808. The molecule has 0 radical (unpaired) electrons. The molecule has 0 rings (SSSR count). The van der Waals surface area contributed by atoms with Crippen molar-refractivity contribution >= 4 is 0 Å². The van der Waals surface area contributed by atoms with Crippen LogP contribution in [0.4, 0.5) is 0 Å². The Morgan fingerprint density at radius 1 is 0.900 bits per heavy atom. The van der Waals surface area contributed by atoms with Gasteiger partial charge in [-0.2, -0.15) is 0 Å². The minimum absolute atomic E-state index is 0.234. The van der Waals surface area contributed by atoms with Gasteiger partial charge in [-0.25, -0.2) is 0 Å². The number of nitrogens with two attached hydrogens (primary N) is 2. The Hall–Kier alpha value is -0.0800. The molecule has 4 N–H and O–H groups in total. The van der Waals surface area contributed by atoms with E-state index in [-0.39, 0.29) is 11.1 Å². The lowest BCUT2D eigenvalue weighted by atomic mass is 9.77. The third-order valence-electron chi connectivity index (χ3n) is 2.77. The van der Waals surface area contributed by atoms with Gasteiger partial charge in [0, 0.05) is 11.1 Å². The van der Waals surface area contributed by atoms with Gasteiger partial charge in [-0.05, 0) is 26.7 Å². The van der Waals surface area contributed by atoms with Gasteiger partial charge in [0.2, 0.25) is 0 Å². The zero-order valence-electron chi connectivity index (χ0n) is 7.57. The average Bonchev–Trinajstić information content (AvgIpc) is 1.88. The molecule has 0 fully saturated rings. The molecule has 2 heteroatoms. The maximum atomic E-state index is 5.98. The zero-order chi connectivity index (χ0) is 8.41. The van der Waals surface area contributed by atoms with E-state index in [1.807, 2.05) is 13.8 Å². The Labute approximate surface area is 64.0 Å². The van der Waals surface area contributed by atoms with Crippen LogP contribution in [-0.4, -0.2) is 11.1 Å². The highest BCUT2D eigenvalue weighted by atomic mass is 14.9. The van der Waals surface area contributed by atoms with Gasteiger partial charge < -0.3 is 11.5 Å². The molecule has 0 aromatic heterocycles. The maximum Gasteiger partial charge on any atom is 0.0302 e. The predicted octanol–water partition coefficient (Wildman–Crippen LogP) is 1.24. The van der Waals surface area contributed by atoms with Crippen LogP contribution >= 0.6 is 0 Å². The molecule has 0 aliphatic heterocycles. The van der Waals surface area contributed by atoms with Gasteiger partial charge in [-0.3, -0.25) is 0 Å². The summed E-state index contributed by atoms with van der Waals surface area (Å²) in [4.78, 5) is 0. The number of hydrogen-bond donors (Lipinski definition) is 2. The molecule has 62 valence electrons. The third kappa shape index (κ3) is 1.70. The van der Waals surface area contributed by atoms with Crippen LogP contribution in [0.25, 0.3) is 0 Å². The lowest BCUT2D eigenvalue weighted by molar-refractivity contribution is 0.244. The normalized spacial score (nSPS) is 23.4. The first-order valence-corrected chi connectivity index (χ1v) is 3.95. The highest BCUT2D eigenvalue weighted by Crippen LogP contribution is 2.22. The van der Waals surface area contributed by atoms with Crippen LogP contribution in [-0.2, 0) is 0 Å². The third-order valence-corrected chi connectivity index (χ3v) is 2.77. The SMILES string of the molecule is CC[C@](C)(N)[C@](C)(N)CC. The van der Waals surface area contributed by atoms with Gasteiger partial charge in [0.1, 0.15) is 0 Å². The lowest BCUT2D eigenvalue weighted by Gasteiger charge is -2.39. The second-order valence-corrected chi connectivity index (χ2v) is 3.54. The molecule has 0 bridgehead atoms. The summed E-state index contributed by atoms with van der Waals surface area (Å²) >= 11 is 0. The van der Waals surface area contributed by atoms with E-state index in [2.05, 4.69) is 13.8 Å². The molecule has 10 heavy (non-hydrogen) atoms. The van der Waals surface area contributed by atoms with Crippen molar-refractivity contribution in [3.05, 3.63) is 0 Å². The van der Waals surface area contributed by atoms with Gasteiger partial charge in [-0.1, -0.05) is 13.8 Å². The van der Waals surface area contributed by atoms with E-state index in [9.17, 15) is 0 Å². The van der Waals surface area contributed by atoms with E-state index in [0.29, 0.717) is 0 Å². The van der Waals surface area contributed by atoms with Crippen LogP contribution in [0.5, 0.6) is 0 Å². The Kier molecular flexibility index (Phi) is 2.86. The molecule has 0 aliphatic rings. The van der Waals surface area contributed by atoms with Gasteiger partial charge in [0.15, 0.2) is 0 Å². The molecule has 0 aromatic rings. The van der Waals surface area contributed by atoms with E-state index in [1.54, 1.807) is 0 Å². The number of hydrogen-bond acceptors (Lipinski definition) is 2. The van der Waals surface area contributed by atoms with Crippen molar-refractivity contribution in [2.75, 3.05) is 0 Å². The molecule has 0 spiro atoms. The van der Waals surface area contributed by atoms with Gasteiger partial charge in [-0.15, -0.1) is 0 Å². The summed E-state index contributed by atoms with van der Waals surface area (Å²) in [6.45, 7) is 8.16. The molecule has 2 nitrogen and oxygen atoms in total. The maximum absolute atomic E-state index is 5.98. The van der Waals surface area contributed by atoms with E-state index < -0.39 is 0 Å². The van der Waals surface area contributed by atoms with E-state index in [0.717, 1.165) is 12.8 Å². The fourth-order valence-electron chi connectivity index (χ4n) is 0.808. The zero-order valence-corrected chi connectivity index (χ0v) is 7.57. The van der Waals surface area contributed by atoms with Crippen molar-refractivity contribution in [3.63, 3.8) is 0 Å². The fraction of sp³-hybridized carbons (Fsp3) is 1.00. The molecule has 0 amide bonds. The Bertz CT molecular complexity index is 91.8. The Morgan fingerprint density at radius 3 is 1.20 bits per heavy atom. The molecule has 0 saturated heterocycles. The second-order valence-electron chi connectivity index (χ2n) is 3.54. The Balaban J connectivity index is 4.28. The van der Waals surface area contributed by atoms with Crippen LogP contribution in [0.2, 0.25) is 0 Å². The summed E-state index contributed by atoms with van der Waals surface area (Å²) in [6, 6.07) is 0. The standard InChI is InChI=1S/C8H20N2/c1-5-7(3,9)8(4,10)6-2/h5-6,9-10H2,1-4H3/t7-,8+. The van der Waals surface area contributed by atoms with Crippen LogP contribution in [0.15, 0.2) is 0 Å². The highest BCUT2D eigenvalue weighted by Gasteiger charge is 2.34. The predicted molar refractivity (Wildman–Crippen MR) is 45.8 cm³/mol. The van der Waals surface area contributed by atoms with Gasteiger partial charge >= 0.3 is 0 Å². The van der Waals surface area contributed by atoms with Crippen molar-refractivity contribution in [2.24, 2.45) is 11.5 Å². The summed E-state index contributed by atoms with van der Waals surface area (Å²) in [6.07, 6.45) is 1.85. The molecule has 0 unspecified atom stereocenters. The summed E-state index contributed by atoms with van der Waals surface area (Å²) in [5.41, 5.74) is 11.5. The van der Waals surface area contributed by atoms with Crippen molar-refractivity contribution in [1.29, 1.82) is 0 Å². The molecule has 0 heterocycles. The number of rotatable bonds is 3. The van der Waals surface area contributed by atoms with Crippen LogP contribution in [0.3, 0.4) is 0 Å². The van der Waals surface area contributed by atoms with E-state index >= 15 is 0 Å². The van der Waals surface area contributed by atoms with Crippen molar-refractivity contribution in [2.45, 2.75) is 51.6 Å². The van der Waals surface area contributed by atoms with Gasteiger partial charge in [0.25, 0.3) is 0 Å². The van der Waals surface area contributed by atoms with E-state index in [4.69, 9.17) is 11.5 Å². The van der Waals surface area contributed by atoms with Crippen molar-refractivity contribution in [1.82, 2.24) is 0 Å². The molecule has 0 aliphatic carbocycles. The molecular formula is C8H20N2. The average molecular weight is 144 g/mol. The highest BCUT2D eigenvalue weighted by molar-refractivity contribution is 4.99. The minimum atomic E-state index is -0.234. The summed E-state index contributed by atoms with van der Waals surface area (Å²) in [7, 11) is 0. The van der Waals surface area contributed by atoms with Gasteiger partial charge in [0.05, 0.1) is 0 Å². The quantitative estimate of drug-likeness (QED) is 0.626. The Morgan fingerprint density at radius 2 is 1.10 bits per heavy atom. The molecule has 2 atom stereocenters. The summed E-state index contributed by atoms with van der Waals surface area (Å²) in [5, 5.41) is 0. The smallest absolute Gasteiger partial charge is 0.0302 e. The van der Waals surface area contributed by atoms with Crippen molar-refractivity contribution in [3.8, 4) is 0 Å². The molecular weight excluding hydrogens is 124 g/mol.